The number of carbonyl (C=O) groups is 1. The van der Waals surface area contributed by atoms with Gasteiger partial charge in [0.25, 0.3) is 0 Å². The predicted octanol–water partition coefficient (Wildman–Crippen LogP) is 1.63. The molecule has 0 saturated carbocycles. The van der Waals surface area contributed by atoms with E-state index in [9.17, 15) is 13.2 Å². The fraction of sp³-hybridized carbons (Fsp3) is 0.600. The van der Waals surface area contributed by atoms with Crippen LogP contribution in [0.5, 0.6) is 0 Å². The van der Waals surface area contributed by atoms with Crippen LogP contribution in [0.4, 0.5) is 0 Å². The molecule has 0 atom stereocenters. The zero-order valence-corrected chi connectivity index (χ0v) is 18.3. The summed E-state index contributed by atoms with van der Waals surface area (Å²) in [5, 5.41) is 8.70. The molecule has 2 aromatic rings. The summed E-state index contributed by atoms with van der Waals surface area (Å²) in [5.41, 5.74) is 0. The van der Waals surface area contributed by atoms with Gasteiger partial charge in [-0.3, -0.25) is 9.78 Å². The number of nitrogens with zero attached hydrogens (tertiary/aromatic N) is 6. The van der Waals surface area contributed by atoms with Crippen molar-refractivity contribution in [3.8, 4) is 0 Å². The van der Waals surface area contributed by atoms with Gasteiger partial charge in [-0.25, -0.2) is 8.42 Å². The third-order valence-electron chi connectivity index (χ3n) is 5.81. The molecule has 30 heavy (non-hydrogen) atoms. The van der Waals surface area contributed by atoms with Crippen molar-refractivity contribution in [3.63, 3.8) is 0 Å². The van der Waals surface area contributed by atoms with Crippen LogP contribution in [-0.4, -0.2) is 62.9 Å². The van der Waals surface area contributed by atoms with E-state index in [2.05, 4.69) is 33.6 Å². The molecule has 0 spiro atoms. The highest BCUT2D eigenvalue weighted by atomic mass is 32.2. The first kappa shape index (κ1) is 20.9. The Hall–Kier alpha value is -2.33. The fourth-order valence-corrected chi connectivity index (χ4v) is 5.53. The smallest absolute Gasteiger partial charge is 0.245 e. The molecule has 0 N–H and O–H groups in total. The largest absolute Gasteiger partial charge is 0.343 e. The number of carbonyl (C=O) groups excluding carboxylic acids is 1. The van der Waals surface area contributed by atoms with Crippen molar-refractivity contribution in [2.75, 3.05) is 19.6 Å². The lowest BCUT2D eigenvalue weighted by molar-refractivity contribution is -0.133. The highest BCUT2D eigenvalue weighted by Crippen LogP contribution is 2.30. The summed E-state index contributed by atoms with van der Waals surface area (Å²) in [5.74, 6) is 2.42. The first-order valence-electron chi connectivity index (χ1n) is 10.5. The van der Waals surface area contributed by atoms with Gasteiger partial charge in [-0.05, 0) is 30.9 Å². The zero-order chi connectivity index (χ0) is 21.3. The molecule has 2 aromatic heterocycles. The maximum Gasteiger partial charge on any atom is 0.245 e. The molecule has 2 aliphatic heterocycles. The van der Waals surface area contributed by atoms with Crippen LogP contribution in [0.25, 0.3) is 0 Å². The van der Waals surface area contributed by atoms with E-state index in [-0.39, 0.29) is 23.3 Å². The van der Waals surface area contributed by atoms with Crippen molar-refractivity contribution >= 4 is 15.9 Å². The van der Waals surface area contributed by atoms with Crippen molar-refractivity contribution in [1.82, 2.24) is 29.0 Å². The summed E-state index contributed by atoms with van der Waals surface area (Å²) >= 11 is 0. The van der Waals surface area contributed by atoms with Crippen LogP contribution >= 0.6 is 0 Å². The van der Waals surface area contributed by atoms with Gasteiger partial charge in [-0.1, -0.05) is 13.8 Å². The number of hydrogen-bond donors (Lipinski definition) is 0. The number of piperidine rings is 1. The van der Waals surface area contributed by atoms with Crippen LogP contribution < -0.4 is 0 Å². The molecule has 9 nitrogen and oxygen atoms in total. The molecule has 10 heteroatoms. The fourth-order valence-electron chi connectivity index (χ4n) is 4.18. The van der Waals surface area contributed by atoms with Crippen molar-refractivity contribution < 1.29 is 13.2 Å². The molecule has 0 bridgehead atoms. The number of amides is 1. The Kier molecular flexibility index (Phi) is 5.88. The highest BCUT2D eigenvalue weighted by Gasteiger charge is 2.33. The molecule has 0 aliphatic carbocycles. The molecule has 1 saturated heterocycles. The first-order valence-corrected chi connectivity index (χ1v) is 11.9. The molecular weight excluding hydrogens is 404 g/mol. The number of sulfonamides is 1. The van der Waals surface area contributed by atoms with E-state index in [0.29, 0.717) is 31.3 Å². The van der Waals surface area contributed by atoms with Crippen LogP contribution in [0, 0.1) is 5.92 Å². The lowest BCUT2D eigenvalue weighted by atomic mass is 9.95. The molecule has 0 unspecified atom stereocenters. The molecule has 4 rings (SSSR count). The van der Waals surface area contributed by atoms with Gasteiger partial charge in [0.05, 0.1) is 6.54 Å². The number of hydrogen-bond acceptors (Lipinski definition) is 6. The van der Waals surface area contributed by atoms with Crippen LogP contribution in [0.15, 0.2) is 29.4 Å². The molecule has 1 amide bonds. The van der Waals surface area contributed by atoms with Crippen molar-refractivity contribution in [2.24, 2.45) is 5.92 Å². The number of rotatable bonds is 5. The molecule has 0 aromatic carbocycles. The monoisotopic (exact) mass is 432 g/mol. The number of fused-ring (bicyclic) bond motifs is 1. The Morgan fingerprint density at radius 3 is 2.60 bits per heavy atom. The third kappa shape index (κ3) is 4.11. The van der Waals surface area contributed by atoms with Crippen molar-refractivity contribution in [2.45, 2.75) is 57.0 Å². The molecule has 162 valence electrons. The van der Waals surface area contributed by atoms with Gasteiger partial charge in [0.2, 0.25) is 15.9 Å². The average molecular weight is 433 g/mol. The summed E-state index contributed by atoms with van der Waals surface area (Å²) in [6.45, 7) is 6.70. The Labute approximate surface area is 177 Å². The molecule has 1 fully saturated rings. The summed E-state index contributed by atoms with van der Waals surface area (Å²) in [7, 11) is -3.60. The summed E-state index contributed by atoms with van der Waals surface area (Å²) in [6.07, 6.45) is 5.24. The zero-order valence-electron chi connectivity index (χ0n) is 17.4. The van der Waals surface area contributed by atoms with E-state index < -0.39 is 10.0 Å². The van der Waals surface area contributed by atoms with Gasteiger partial charge < -0.3 is 9.47 Å². The van der Waals surface area contributed by atoms with E-state index >= 15 is 0 Å². The van der Waals surface area contributed by atoms with Gasteiger partial charge in [0.1, 0.15) is 16.5 Å². The summed E-state index contributed by atoms with van der Waals surface area (Å²) in [6, 6.07) is 3.18. The summed E-state index contributed by atoms with van der Waals surface area (Å²) < 4.78 is 29.2. The second kappa shape index (κ2) is 8.43. The molecule has 4 heterocycles. The Morgan fingerprint density at radius 1 is 1.17 bits per heavy atom. The summed E-state index contributed by atoms with van der Waals surface area (Å²) in [4.78, 5) is 18.4. The number of pyridine rings is 1. The second-order valence-corrected chi connectivity index (χ2v) is 10.3. The van der Waals surface area contributed by atoms with Gasteiger partial charge >= 0.3 is 0 Å². The van der Waals surface area contributed by atoms with E-state index in [4.69, 9.17) is 0 Å². The minimum atomic E-state index is -3.60. The third-order valence-corrected chi connectivity index (χ3v) is 7.64. The van der Waals surface area contributed by atoms with Crippen molar-refractivity contribution in [3.05, 3.63) is 36.2 Å². The van der Waals surface area contributed by atoms with Gasteiger partial charge in [-0.2, -0.15) is 4.31 Å². The van der Waals surface area contributed by atoms with E-state index in [1.807, 2.05) is 4.90 Å². The highest BCUT2D eigenvalue weighted by molar-refractivity contribution is 7.89. The number of likely N-dealkylation sites (tertiary alicyclic amines) is 1. The quantitative estimate of drug-likeness (QED) is 0.712. The normalized spacial score (nSPS) is 18.6. The average Bonchev–Trinajstić information content (AvgIpc) is 3.17. The van der Waals surface area contributed by atoms with Crippen LogP contribution in [-0.2, 0) is 27.9 Å². The van der Waals surface area contributed by atoms with Gasteiger partial charge in [0.15, 0.2) is 0 Å². The SMILES string of the molecule is CC(C)CC(=O)N1CCC(c2nnc3n2CCN(S(=O)(=O)c2cccnc2)C3)CC1. The lowest BCUT2D eigenvalue weighted by Gasteiger charge is -2.33. The standard InChI is InChI=1S/C20H28N6O3S/c1-15(2)12-19(27)24-8-5-16(6-9-24)20-23-22-18-14-25(10-11-26(18)20)30(28,29)17-4-3-7-21-13-17/h3-4,7,13,15-16H,5-6,8-12,14H2,1-2H3. The molecule has 2 aliphatic rings. The predicted molar refractivity (Wildman–Crippen MR) is 110 cm³/mol. The minimum absolute atomic E-state index is 0.191. The lowest BCUT2D eigenvalue weighted by Crippen LogP contribution is -2.40. The molecular formula is C20H28N6O3S. The molecule has 0 radical (unpaired) electrons. The first-order chi connectivity index (χ1) is 14.4. The number of aromatic nitrogens is 4. The topological polar surface area (TPSA) is 101 Å². The van der Waals surface area contributed by atoms with Crippen molar-refractivity contribution in [1.29, 1.82) is 0 Å². The Bertz CT molecular complexity index is 997. The van der Waals surface area contributed by atoms with Gasteiger partial charge in [-0.15, -0.1) is 10.2 Å². The van der Waals surface area contributed by atoms with E-state index in [1.165, 1.54) is 10.5 Å². The van der Waals surface area contributed by atoms with Crippen LogP contribution in [0.2, 0.25) is 0 Å². The maximum atomic E-state index is 12.9. The van der Waals surface area contributed by atoms with Crippen LogP contribution in [0.1, 0.15) is 50.7 Å². The van der Waals surface area contributed by atoms with Gasteiger partial charge in [0, 0.05) is 50.9 Å². The Morgan fingerprint density at radius 2 is 1.93 bits per heavy atom. The minimum Gasteiger partial charge on any atom is -0.343 e. The van der Waals surface area contributed by atoms with Crippen LogP contribution in [0.3, 0.4) is 0 Å². The Balaban J connectivity index is 1.43. The maximum absolute atomic E-state index is 12.9. The van der Waals surface area contributed by atoms with E-state index in [1.54, 1.807) is 18.3 Å². The van der Waals surface area contributed by atoms with E-state index in [0.717, 1.165) is 31.8 Å². The second-order valence-electron chi connectivity index (χ2n) is 8.41.